The smallest absolute Gasteiger partial charge is 0.450 e. The highest BCUT2D eigenvalue weighted by atomic mass is 19.4. The summed E-state index contributed by atoms with van der Waals surface area (Å²) in [7, 11) is 2.88. The van der Waals surface area contributed by atoms with Crippen molar-refractivity contribution in [3.63, 3.8) is 0 Å². The Labute approximate surface area is 643 Å². The lowest BCUT2D eigenvalue weighted by Gasteiger charge is -2.56. The largest absolute Gasteiger partial charge is 0.459 e. The molecule has 0 bridgehead atoms. The van der Waals surface area contributed by atoms with Gasteiger partial charge in [0.2, 0.25) is 5.83 Å². The van der Waals surface area contributed by atoms with Crippen LogP contribution in [-0.2, 0) is 114 Å². The Morgan fingerprint density at radius 1 is 0.487 bits per heavy atom. The molecule has 4 saturated heterocycles. The van der Waals surface area contributed by atoms with E-state index in [-0.39, 0.29) is 32.3 Å². The summed E-state index contributed by atoms with van der Waals surface area (Å²) in [6.45, 7) is 18.1. The number of alkyl halides is 23. The van der Waals surface area contributed by atoms with Crippen molar-refractivity contribution < 1.29 is 219 Å². The van der Waals surface area contributed by atoms with E-state index in [4.69, 9.17) is 47.4 Å². The fourth-order valence-corrected chi connectivity index (χ4v) is 11.5. The number of methoxy groups -OCH3 is 3. The van der Waals surface area contributed by atoms with Gasteiger partial charge in [0.15, 0.2) is 73.7 Å². The van der Waals surface area contributed by atoms with Gasteiger partial charge in [-0.25, -0.2) is 19.2 Å². The van der Waals surface area contributed by atoms with Crippen molar-refractivity contribution >= 4 is 23.9 Å². The standard InChI is InChI=1S/C20H28F6O6.C17H25F5O6.C15H18F8O6.C15H21F5O6/c1-5-14(28-4)32-19(20(24,25)26)18(22,23)17(3,29-11-30-19)15(31-16(27)12(2)21)13-9-7-6-8-10-13;1-8-11(23)25-9-14(6)15(18,19)16(17(20,21)22,28-13(4,5)27-14)26-12(24-7)10(2)3;1-7(12(16,17)18)10(24)28-8(2)11(4)13(19,20)14(15(21,22)23,27-6-26-11)29-9(3)25-5;1-5-10(21)23-8-12(4)13(16,17)14(15(18,19)20,25-9-24-12)26-11(6-2)22-7-3/h13-15H,2,5-11H2,1,3-4H3;8,10,12H,1,9H2,2-7H3;8-9H,1,6H2,2-5H3;5,11H,1,6-9H2,2-4H3. The fraction of sp³-hybridized carbons (Fsp3) is 0.821. The van der Waals surface area contributed by atoms with Crippen LogP contribution in [0.25, 0.3) is 0 Å². The van der Waals surface area contributed by atoms with Crippen molar-refractivity contribution in [3.8, 4) is 0 Å². The maximum absolute atomic E-state index is 15.9. The van der Waals surface area contributed by atoms with Crippen LogP contribution in [0, 0.1) is 11.8 Å². The zero-order valence-corrected chi connectivity index (χ0v) is 64.7. The van der Waals surface area contributed by atoms with Crippen LogP contribution in [0.15, 0.2) is 49.9 Å². The van der Waals surface area contributed by atoms with Crippen LogP contribution in [0.5, 0.6) is 0 Å². The van der Waals surface area contributed by atoms with Crippen molar-refractivity contribution in [2.45, 2.75) is 278 Å². The molecule has 1 saturated carbocycles. The molecule has 0 amide bonds. The lowest BCUT2D eigenvalue weighted by Crippen LogP contribution is -2.78. The monoisotopic (exact) mass is 1740 g/mol. The van der Waals surface area contributed by atoms with Crippen LogP contribution in [0.3, 0.4) is 0 Å². The van der Waals surface area contributed by atoms with Crippen molar-refractivity contribution in [3.05, 3.63) is 49.9 Å². The molecule has 14 unspecified atom stereocenters. The van der Waals surface area contributed by atoms with Gasteiger partial charge in [-0.2, -0.15) is 105 Å². The second-order valence-electron chi connectivity index (χ2n) is 27.0. The Morgan fingerprint density at radius 3 is 1.29 bits per heavy atom. The van der Waals surface area contributed by atoms with E-state index in [1.54, 1.807) is 0 Å². The summed E-state index contributed by atoms with van der Waals surface area (Å²) in [6.07, 6.45) is -35.8. The van der Waals surface area contributed by atoms with Crippen LogP contribution < -0.4 is 0 Å². The van der Waals surface area contributed by atoms with Gasteiger partial charge in [0.25, 0.3) is 0 Å². The molecule has 0 radical (unpaired) electrons. The van der Waals surface area contributed by atoms with Crippen LogP contribution in [-0.4, -0.2) is 229 Å². The molecule has 0 aromatic carbocycles. The van der Waals surface area contributed by atoms with E-state index in [9.17, 15) is 98.2 Å². The Bertz CT molecular complexity index is 3240. The Morgan fingerprint density at radius 2 is 0.896 bits per heavy atom. The number of carbonyl (C=O) groups excluding carboxylic acids is 4. The van der Waals surface area contributed by atoms with E-state index in [2.05, 4.69) is 73.7 Å². The number of ether oxygens (including phenoxy) is 20. The average Bonchev–Trinajstić information content (AvgIpc) is 0.727. The molecule has 0 aromatic heterocycles. The third-order valence-corrected chi connectivity index (χ3v) is 18.1. The maximum Gasteiger partial charge on any atom is 0.450 e. The van der Waals surface area contributed by atoms with Gasteiger partial charge in [-0.3, -0.25) is 0 Å². The molecule has 24 nitrogen and oxygen atoms in total. The quantitative estimate of drug-likeness (QED) is 0.0222. The summed E-state index contributed by atoms with van der Waals surface area (Å²) in [6, 6.07) is 0. The lowest BCUT2D eigenvalue weighted by molar-refractivity contribution is -0.561. The average molecular weight is 1740 g/mol. The molecule has 1 aliphatic carbocycles. The zero-order valence-electron chi connectivity index (χ0n) is 64.7. The lowest BCUT2D eigenvalue weighted by atomic mass is 9.74. The van der Waals surface area contributed by atoms with E-state index in [0.717, 1.165) is 48.5 Å². The highest BCUT2D eigenvalue weighted by Gasteiger charge is 2.87. The second kappa shape index (κ2) is 38.9. The molecule has 672 valence electrons. The summed E-state index contributed by atoms with van der Waals surface area (Å²) in [4.78, 5) is 45.9. The van der Waals surface area contributed by atoms with Crippen LogP contribution in [0.2, 0.25) is 0 Å². The number of carbonyl (C=O) groups is 4. The topological polar surface area (TPSA) is 253 Å². The molecule has 5 fully saturated rings. The van der Waals surface area contributed by atoms with E-state index < -0.39 is 224 Å². The zero-order chi connectivity index (χ0) is 89.8. The minimum absolute atomic E-state index is 0.0667. The van der Waals surface area contributed by atoms with Crippen molar-refractivity contribution in [2.24, 2.45) is 11.8 Å². The Kier molecular flexibility index (Phi) is 35.7. The second-order valence-corrected chi connectivity index (χ2v) is 27.0. The van der Waals surface area contributed by atoms with E-state index >= 15 is 26.3 Å². The molecule has 5 aliphatic rings. The first kappa shape index (κ1) is 106. The van der Waals surface area contributed by atoms with Crippen molar-refractivity contribution in [1.29, 1.82) is 0 Å². The predicted octanol–water partition coefficient (Wildman–Crippen LogP) is 15.7. The first-order valence-corrected chi connectivity index (χ1v) is 34.1. The molecule has 5 rings (SSSR count). The minimum Gasteiger partial charge on any atom is -0.459 e. The number of esters is 4. The van der Waals surface area contributed by atoms with Gasteiger partial charge in [0.1, 0.15) is 31.0 Å². The molecule has 0 spiro atoms. The predicted molar refractivity (Wildman–Crippen MR) is 339 cm³/mol. The number of hydrogen-bond donors (Lipinski definition) is 0. The molecule has 115 heavy (non-hydrogen) atoms. The molecule has 4 aliphatic heterocycles. The van der Waals surface area contributed by atoms with E-state index in [1.165, 1.54) is 34.6 Å². The maximum atomic E-state index is 15.9. The molecular weight excluding hydrogens is 1640 g/mol. The highest BCUT2D eigenvalue weighted by Crippen LogP contribution is 2.62. The minimum atomic E-state index is -5.85. The SMILES string of the molecule is C=C(C(=O)OC(C)C1(C)OCOC(OC(C)OC)(C(F)(F)F)C1(F)F)C(F)(F)F.C=C(F)C(=O)OC(C1CCCCC1)C1(C)OCOC(OC(CC)OC)(C(F)(F)F)C1(F)F.C=CC(=O)OCC1(C)OC(C)(C)OC(OC(OC)C(C)C)(C(F)(F)F)C1(F)F.C=CC(=O)OCC1(C)OCOC(OC(CC)OCC)(C(F)(F)F)C1(F)F. The number of halogens is 24. The molecule has 14 atom stereocenters. The Balaban J connectivity index is 0.000000522. The van der Waals surface area contributed by atoms with Crippen molar-refractivity contribution in [1.82, 2.24) is 0 Å². The van der Waals surface area contributed by atoms with Gasteiger partial charge in [0, 0.05) is 46.0 Å². The summed E-state index contributed by atoms with van der Waals surface area (Å²) in [5, 5.41) is 0. The van der Waals surface area contributed by atoms with Gasteiger partial charge < -0.3 is 94.7 Å². The summed E-state index contributed by atoms with van der Waals surface area (Å²) in [5.74, 6) is -48.9. The molecule has 4 heterocycles. The first-order chi connectivity index (χ1) is 52.0. The van der Waals surface area contributed by atoms with Crippen LogP contribution in [0.1, 0.15) is 135 Å². The van der Waals surface area contributed by atoms with Crippen LogP contribution in [0.4, 0.5) is 105 Å². The normalized spacial score (nSPS) is 30.4. The fourth-order valence-electron chi connectivity index (χ4n) is 11.5. The van der Waals surface area contributed by atoms with Gasteiger partial charge in [-0.15, -0.1) is 0 Å². The molecule has 0 aromatic rings. The van der Waals surface area contributed by atoms with Crippen LogP contribution >= 0.6 is 0 Å². The third kappa shape index (κ3) is 21.8. The molecular formula is C67H92F24O24. The highest BCUT2D eigenvalue weighted by molar-refractivity contribution is 5.89. The van der Waals surface area contributed by atoms with Gasteiger partial charge in [-0.05, 0) is 93.9 Å². The molecule has 48 heteroatoms. The number of hydrogen-bond acceptors (Lipinski definition) is 24. The summed E-state index contributed by atoms with van der Waals surface area (Å²) in [5.41, 5.74) is -14.2. The first-order valence-electron chi connectivity index (χ1n) is 34.1. The third-order valence-electron chi connectivity index (χ3n) is 18.1. The van der Waals surface area contributed by atoms with Gasteiger partial charge >= 0.3 is 102 Å². The van der Waals surface area contributed by atoms with Crippen molar-refractivity contribution in [2.75, 3.05) is 61.5 Å². The van der Waals surface area contributed by atoms with E-state index in [1.807, 2.05) is 0 Å². The van der Waals surface area contributed by atoms with Gasteiger partial charge in [-0.1, -0.05) is 73.3 Å². The Hall–Kier alpha value is -5.48. The molecule has 0 N–H and O–H groups in total. The van der Waals surface area contributed by atoms with E-state index in [0.29, 0.717) is 59.6 Å². The summed E-state index contributed by atoms with van der Waals surface area (Å²) < 4.78 is 433. The van der Waals surface area contributed by atoms with Gasteiger partial charge in [0.05, 0.1) is 0 Å². The number of rotatable bonds is 29. The summed E-state index contributed by atoms with van der Waals surface area (Å²) >= 11 is 0.